The summed E-state index contributed by atoms with van der Waals surface area (Å²) in [6, 6.07) is 6.19. The topological polar surface area (TPSA) is 30.5 Å². The molecule has 1 aliphatic rings. The first-order chi connectivity index (χ1) is 8.22. The maximum atomic E-state index is 6.11. The van der Waals surface area contributed by atoms with Gasteiger partial charge in [0.15, 0.2) is 0 Å². The molecule has 0 spiro atoms. The van der Waals surface area contributed by atoms with Crippen LogP contribution < -0.4 is 10.1 Å². The monoisotopic (exact) mass is 235 g/mol. The van der Waals surface area contributed by atoms with Crippen LogP contribution in [0.4, 0.5) is 0 Å². The van der Waals surface area contributed by atoms with E-state index in [2.05, 4.69) is 25.2 Å². The van der Waals surface area contributed by atoms with E-state index in [1.165, 1.54) is 11.1 Å². The normalized spacial score (nSPS) is 24.6. The number of aryl methyl sites for hydroxylation is 1. The summed E-state index contributed by atoms with van der Waals surface area (Å²) >= 11 is 0. The van der Waals surface area contributed by atoms with Crippen LogP contribution in [0.2, 0.25) is 0 Å². The summed E-state index contributed by atoms with van der Waals surface area (Å²) in [5, 5.41) is 3.32. The van der Waals surface area contributed by atoms with Crippen molar-refractivity contribution < 1.29 is 9.47 Å². The molecule has 1 fully saturated rings. The molecule has 0 saturated carbocycles. The summed E-state index contributed by atoms with van der Waals surface area (Å²) in [7, 11) is 1.75. The molecular weight excluding hydrogens is 214 g/mol. The Morgan fingerprint density at radius 3 is 2.82 bits per heavy atom. The third kappa shape index (κ3) is 2.79. The van der Waals surface area contributed by atoms with Gasteiger partial charge in [-0.1, -0.05) is 12.1 Å². The standard InChI is InChI=1S/C14H21NO2/c1-10-5-4-6-12(11(10)2)17-13-7-8-15-9-14(13)16-3/h4-6,13-15H,7-9H2,1-3H3/t13-,14-/m1/s1. The van der Waals surface area contributed by atoms with Crippen LogP contribution in [-0.4, -0.2) is 32.4 Å². The Hall–Kier alpha value is -1.06. The number of rotatable bonds is 3. The van der Waals surface area contributed by atoms with Gasteiger partial charge in [-0.05, 0) is 44.0 Å². The summed E-state index contributed by atoms with van der Waals surface area (Å²) in [4.78, 5) is 0. The van der Waals surface area contributed by atoms with Gasteiger partial charge in [0.1, 0.15) is 18.0 Å². The van der Waals surface area contributed by atoms with Crippen molar-refractivity contribution in [1.29, 1.82) is 0 Å². The fraction of sp³-hybridized carbons (Fsp3) is 0.571. The van der Waals surface area contributed by atoms with Crippen molar-refractivity contribution in [3.63, 3.8) is 0 Å². The van der Waals surface area contributed by atoms with Crippen LogP contribution in [0.25, 0.3) is 0 Å². The molecule has 1 aromatic carbocycles. The number of methoxy groups -OCH3 is 1. The maximum absolute atomic E-state index is 6.11. The molecule has 0 amide bonds. The number of piperidine rings is 1. The van der Waals surface area contributed by atoms with Crippen LogP contribution in [0.1, 0.15) is 17.5 Å². The van der Waals surface area contributed by atoms with Crippen molar-refractivity contribution in [2.24, 2.45) is 0 Å². The SMILES string of the molecule is CO[C@@H]1CNCC[C@H]1Oc1cccc(C)c1C. The van der Waals surface area contributed by atoms with E-state index in [0.717, 1.165) is 25.3 Å². The van der Waals surface area contributed by atoms with Gasteiger partial charge in [-0.25, -0.2) is 0 Å². The van der Waals surface area contributed by atoms with E-state index in [1.807, 2.05) is 12.1 Å². The lowest BCUT2D eigenvalue weighted by Crippen LogP contribution is -2.47. The molecular formula is C14H21NO2. The Labute approximate surface area is 103 Å². The molecule has 17 heavy (non-hydrogen) atoms. The number of nitrogens with one attached hydrogen (secondary N) is 1. The number of hydrogen-bond donors (Lipinski definition) is 1. The molecule has 1 saturated heterocycles. The van der Waals surface area contributed by atoms with Gasteiger partial charge in [0.25, 0.3) is 0 Å². The lowest BCUT2D eigenvalue weighted by molar-refractivity contribution is -0.0144. The van der Waals surface area contributed by atoms with Gasteiger partial charge in [-0.15, -0.1) is 0 Å². The minimum Gasteiger partial charge on any atom is -0.487 e. The fourth-order valence-electron chi connectivity index (χ4n) is 2.19. The molecule has 0 radical (unpaired) electrons. The first-order valence-electron chi connectivity index (χ1n) is 6.18. The van der Waals surface area contributed by atoms with Crippen molar-refractivity contribution in [2.45, 2.75) is 32.5 Å². The van der Waals surface area contributed by atoms with Gasteiger partial charge in [-0.3, -0.25) is 0 Å². The molecule has 1 aliphatic heterocycles. The largest absolute Gasteiger partial charge is 0.487 e. The summed E-state index contributed by atoms with van der Waals surface area (Å²) in [6.07, 6.45) is 1.29. The van der Waals surface area contributed by atoms with E-state index in [-0.39, 0.29) is 12.2 Å². The average Bonchev–Trinajstić information content (AvgIpc) is 2.35. The molecule has 0 aromatic heterocycles. The van der Waals surface area contributed by atoms with E-state index < -0.39 is 0 Å². The van der Waals surface area contributed by atoms with Crippen molar-refractivity contribution >= 4 is 0 Å². The Kier molecular flexibility index (Phi) is 4.02. The molecule has 2 atom stereocenters. The third-order valence-electron chi connectivity index (χ3n) is 3.50. The number of ether oxygens (including phenoxy) is 2. The maximum Gasteiger partial charge on any atom is 0.127 e. The second-order valence-electron chi connectivity index (χ2n) is 4.62. The van der Waals surface area contributed by atoms with Crippen LogP contribution in [0.15, 0.2) is 18.2 Å². The van der Waals surface area contributed by atoms with Crippen molar-refractivity contribution in [3.8, 4) is 5.75 Å². The third-order valence-corrected chi connectivity index (χ3v) is 3.50. The summed E-state index contributed by atoms with van der Waals surface area (Å²) in [6.45, 7) is 6.08. The van der Waals surface area contributed by atoms with E-state index in [0.29, 0.717) is 0 Å². The quantitative estimate of drug-likeness (QED) is 0.870. The highest BCUT2D eigenvalue weighted by Gasteiger charge is 2.26. The highest BCUT2D eigenvalue weighted by Crippen LogP contribution is 2.24. The Morgan fingerprint density at radius 2 is 2.06 bits per heavy atom. The molecule has 0 aliphatic carbocycles. The van der Waals surface area contributed by atoms with Gasteiger partial charge in [0, 0.05) is 13.7 Å². The summed E-state index contributed by atoms with van der Waals surface area (Å²) in [5.41, 5.74) is 2.49. The van der Waals surface area contributed by atoms with E-state index in [4.69, 9.17) is 9.47 Å². The predicted molar refractivity (Wildman–Crippen MR) is 68.6 cm³/mol. The lowest BCUT2D eigenvalue weighted by Gasteiger charge is -2.32. The first-order valence-corrected chi connectivity index (χ1v) is 6.18. The highest BCUT2D eigenvalue weighted by molar-refractivity contribution is 5.38. The smallest absolute Gasteiger partial charge is 0.127 e. The van der Waals surface area contributed by atoms with Crippen LogP contribution in [-0.2, 0) is 4.74 Å². The molecule has 0 unspecified atom stereocenters. The zero-order valence-electron chi connectivity index (χ0n) is 10.8. The molecule has 3 heteroatoms. The highest BCUT2D eigenvalue weighted by atomic mass is 16.5. The van der Waals surface area contributed by atoms with Crippen molar-refractivity contribution in [3.05, 3.63) is 29.3 Å². The van der Waals surface area contributed by atoms with Crippen molar-refractivity contribution in [1.82, 2.24) is 5.32 Å². The van der Waals surface area contributed by atoms with E-state index >= 15 is 0 Å². The van der Waals surface area contributed by atoms with Crippen LogP contribution in [0, 0.1) is 13.8 Å². The Balaban J connectivity index is 2.11. The lowest BCUT2D eigenvalue weighted by atomic mass is 10.1. The Morgan fingerprint density at radius 1 is 1.24 bits per heavy atom. The van der Waals surface area contributed by atoms with Gasteiger partial charge in [0.05, 0.1) is 0 Å². The van der Waals surface area contributed by atoms with Gasteiger partial charge >= 0.3 is 0 Å². The molecule has 3 nitrogen and oxygen atoms in total. The minimum atomic E-state index is 0.142. The van der Waals surface area contributed by atoms with E-state index in [9.17, 15) is 0 Å². The van der Waals surface area contributed by atoms with E-state index in [1.54, 1.807) is 7.11 Å². The minimum absolute atomic E-state index is 0.142. The zero-order chi connectivity index (χ0) is 12.3. The molecule has 94 valence electrons. The number of benzene rings is 1. The molecule has 1 aromatic rings. The van der Waals surface area contributed by atoms with Gasteiger partial charge in [-0.2, -0.15) is 0 Å². The molecule has 2 rings (SSSR count). The summed E-state index contributed by atoms with van der Waals surface area (Å²) < 4.78 is 11.6. The van der Waals surface area contributed by atoms with Gasteiger partial charge < -0.3 is 14.8 Å². The van der Waals surface area contributed by atoms with Crippen LogP contribution in [0.3, 0.4) is 0 Å². The molecule has 1 heterocycles. The predicted octanol–water partition coefficient (Wildman–Crippen LogP) is 2.06. The second kappa shape index (κ2) is 5.52. The Bertz CT molecular complexity index is 378. The van der Waals surface area contributed by atoms with Gasteiger partial charge in [0.2, 0.25) is 0 Å². The number of hydrogen-bond acceptors (Lipinski definition) is 3. The average molecular weight is 235 g/mol. The van der Waals surface area contributed by atoms with Crippen LogP contribution in [0.5, 0.6) is 5.75 Å². The molecule has 0 bridgehead atoms. The fourth-order valence-corrected chi connectivity index (χ4v) is 2.19. The second-order valence-corrected chi connectivity index (χ2v) is 4.62. The van der Waals surface area contributed by atoms with Crippen LogP contribution >= 0.6 is 0 Å². The zero-order valence-corrected chi connectivity index (χ0v) is 10.8. The summed E-state index contributed by atoms with van der Waals surface area (Å²) in [5.74, 6) is 0.985. The first kappa shape index (κ1) is 12.4. The van der Waals surface area contributed by atoms with Crippen molar-refractivity contribution in [2.75, 3.05) is 20.2 Å². The molecule has 1 N–H and O–H groups in total.